The van der Waals surface area contributed by atoms with E-state index in [0.29, 0.717) is 5.82 Å². The van der Waals surface area contributed by atoms with Gasteiger partial charge in [0.15, 0.2) is 17.3 Å². The second-order valence-electron chi connectivity index (χ2n) is 5.82. The Morgan fingerprint density at radius 3 is 2.76 bits per heavy atom. The molecule has 3 rings (SSSR count). The smallest absolute Gasteiger partial charge is 0.276 e. The van der Waals surface area contributed by atoms with E-state index >= 15 is 0 Å². The molecule has 0 unspecified atom stereocenters. The van der Waals surface area contributed by atoms with Gasteiger partial charge >= 0.3 is 0 Å². The molecule has 0 aliphatic heterocycles. The number of nitrogens with one attached hydrogen (secondary N) is 1. The monoisotopic (exact) mass is 410 g/mol. The maximum atomic E-state index is 12.6. The Kier molecular flexibility index (Phi) is 6.29. The van der Waals surface area contributed by atoms with Gasteiger partial charge in [-0.1, -0.05) is 17.5 Å². The van der Waals surface area contributed by atoms with Crippen LogP contribution in [0.15, 0.2) is 36.9 Å². The fraction of sp³-hybridized carbons (Fsp3) is 0.158. The van der Waals surface area contributed by atoms with Crippen molar-refractivity contribution in [1.29, 1.82) is 0 Å². The predicted molar refractivity (Wildman–Crippen MR) is 105 cm³/mol. The average Bonchev–Trinajstić information content (AvgIpc) is 3.28. The van der Waals surface area contributed by atoms with Gasteiger partial charge in [0, 0.05) is 25.4 Å². The van der Waals surface area contributed by atoms with Crippen LogP contribution in [0.1, 0.15) is 39.4 Å². The first kappa shape index (κ1) is 20.1. The van der Waals surface area contributed by atoms with Crippen molar-refractivity contribution in [2.75, 3.05) is 11.9 Å². The topological polar surface area (TPSA) is 123 Å². The number of halogens is 1. The summed E-state index contributed by atoms with van der Waals surface area (Å²) in [6.07, 6.45) is 10.5. The van der Waals surface area contributed by atoms with Gasteiger partial charge in [0.05, 0.1) is 11.3 Å². The molecule has 2 N–H and O–H groups in total. The number of aromatic nitrogens is 5. The molecule has 0 saturated heterocycles. The SMILES string of the molecule is C#Cc1cc(NC(=O)c2ccc(-n3ccnc3)nn2)c(C(=O)CCCO)nc1Cl. The minimum absolute atomic E-state index is 0.0256. The molecule has 3 aromatic rings. The molecule has 29 heavy (non-hydrogen) atoms. The van der Waals surface area contributed by atoms with Gasteiger partial charge in [-0.05, 0) is 24.6 Å². The van der Waals surface area contributed by atoms with E-state index in [0.717, 1.165) is 0 Å². The van der Waals surface area contributed by atoms with Crippen molar-refractivity contribution in [2.24, 2.45) is 0 Å². The normalized spacial score (nSPS) is 10.4. The number of nitrogens with zero attached hydrogens (tertiary/aromatic N) is 5. The van der Waals surface area contributed by atoms with Crippen LogP contribution in [-0.4, -0.2) is 48.1 Å². The summed E-state index contributed by atoms with van der Waals surface area (Å²) in [6.45, 7) is -0.150. The van der Waals surface area contributed by atoms with E-state index in [1.807, 2.05) is 0 Å². The molecule has 3 aromatic heterocycles. The van der Waals surface area contributed by atoms with E-state index in [-0.39, 0.29) is 53.0 Å². The fourth-order valence-corrected chi connectivity index (χ4v) is 2.62. The number of aliphatic hydroxyl groups excluding tert-OH is 1. The van der Waals surface area contributed by atoms with Crippen molar-refractivity contribution in [3.63, 3.8) is 0 Å². The van der Waals surface area contributed by atoms with Crippen LogP contribution in [-0.2, 0) is 0 Å². The number of anilines is 1. The number of carbonyl (C=O) groups excluding carboxylic acids is 2. The van der Waals surface area contributed by atoms with Gasteiger partial charge in [0.1, 0.15) is 17.2 Å². The third-order valence-electron chi connectivity index (χ3n) is 3.86. The highest BCUT2D eigenvalue weighted by Crippen LogP contribution is 2.23. The molecule has 0 radical (unpaired) electrons. The summed E-state index contributed by atoms with van der Waals surface area (Å²) in [7, 11) is 0. The van der Waals surface area contributed by atoms with E-state index in [4.69, 9.17) is 23.1 Å². The van der Waals surface area contributed by atoms with Gasteiger partial charge < -0.3 is 10.4 Å². The van der Waals surface area contributed by atoms with Crippen LogP contribution in [0.4, 0.5) is 5.69 Å². The standard InChI is InChI=1S/C19H15ClN6O3/c1-2-12-10-14(17(23-18(12)20)15(28)4-3-9-27)22-19(29)13-5-6-16(25-24-13)26-8-7-21-11-26/h1,5-8,10-11,27H,3-4,9H2,(H,22,29). The molecule has 3 heterocycles. The number of carbonyl (C=O) groups is 2. The number of Topliss-reactive ketones (excluding diaryl/α,β-unsaturated/α-hetero) is 1. The molecule has 146 valence electrons. The maximum absolute atomic E-state index is 12.6. The molecular weight excluding hydrogens is 396 g/mol. The van der Waals surface area contributed by atoms with Gasteiger partial charge in [-0.15, -0.1) is 16.6 Å². The molecule has 0 bridgehead atoms. The van der Waals surface area contributed by atoms with E-state index in [1.54, 1.807) is 29.4 Å². The molecular formula is C19H15ClN6O3. The number of aliphatic hydroxyl groups is 1. The third-order valence-corrected chi connectivity index (χ3v) is 4.15. The predicted octanol–water partition coefficient (Wildman–Crippen LogP) is 1.90. The van der Waals surface area contributed by atoms with Gasteiger partial charge in [-0.2, -0.15) is 0 Å². The van der Waals surface area contributed by atoms with Crippen LogP contribution in [0, 0.1) is 12.3 Å². The lowest BCUT2D eigenvalue weighted by molar-refractivity contribution is 0.0967. The molecule has 0 aromatic carbocycles. The number of terminal acetylenes is 1. The summed E-state index contributed by atoms with van der Waals surface area (Å²) in [5.41, 5.74) is 0.316. The number of hydrogen-bond donors (Lipinski definition) is 2. The zero-order valence-corrected chi connectivity index (χ0v) is 15.8. The van der Waals surface area contributed by atoms with Gasteiger partial charge in [-0.25, -0.2) is 9.97 Å². The number of amides is 1. The summed E-state index contributed by atoms with van der Waals surface area (Å²) >= 11 is 6.00. The first-order valence-electron chi connectivity index (χ1n) is 8.48. The van der Waals surface area contributed by atoms with E-state index < -0.39 is 5.91 Å². The van der Waals surface area contributed by atoms with E-state index in [2.05, 4.69) is 31.4 Å². The Morgan fingerprint density at radius 1 is 1.31 bits per heavy atom. The fourth-order valence-electron chi connectivity index (χ4n) is 2.42. The first-order valence-corrected chi connectivity index (χ1v) is 8.86. The molecule has 0 aliphatic carbocycles. The summed E-state index contributed by atoms with van der Waals surface area (Å²) in [5.74, 6) is 1.85. The molecule has 0 saturated carbocycles. The lowest BCUT2D eigenvalue weighted by Gasteiger charge is -2.11. The molecule has 0 aliphatic rings. The number of pyridine rings is 1. The Labute approximate surface area is 170 Å². The van der Waals surface area contributed by atoms with Gasteiger partial charge in [-0.3, -0.25) is 14.2 Å². The summed E-state index contributed by atoms with van der Waals surface area (Å²) in [6, 6.07) is 4.48. The van der Waals surface area contributed by atoms with Crippen LogP contribution < -0.4 is 5.32 Å². The minimum atomic E-state index is -0.599. The van der Waals surface area contributed by atoms with Crippen LogP contribution in [0.5, 0.6) is 0 Å². The minimum Gasteiger partial charge on any atom is -0.396 e. The second kappa shape index (κ2) is 9.05. The highest BCUT2D eigenvalue weighted by atomic mass is 35.5. The van der Waals surface area contributed by atoms with Gasteiger partial charge in [0.2, 0.25) is 0 Å². The molecule has 10 heteroatoms. The molecule has 0 atom stereocenters. The van der Waals surface area contributed by atoms with Gasteiger partial charge in [0.25, 0.3) is 5.91 Å². The summed E-state index contributed by atoms with van der Waals surface area (Å²) in [4.78, 5) is 32.9. The maximum Gasteiger partial charge on any atom is 0.276 e. The van der Waals surface area contributed by atoms with Crippen LogP contribution >= 0.6 is 11.6 Å². The quantitative estimate of drug-likeness (QED) is 0.346. The molecule has 9 nitrogen and oxygen atoms in total. The lowest BCUT2D eigenvalue weighted by atomic mass is 10.1. The van der Waals surface area contributed by atoms with Crippen molar-refractivity contribution < 1.29 is 14.7 Å². The number of imidazole rings is 1. The van der Waals surface area contributed by atoms with E-state index in [9.17, 15) is 9.59 Å². The van der Waals surface area contributed by atoms with E-state index in [1.165, 1.54) is 12.1 Å². The summed E-state index contributed by atoms with van der Waals surface area (Å²) < 4.78 is 1.63. The lowest BCUT2D eigenvalue weighted by Crippen LogP contribution is -2.18. The highest BCUT2D eigenvalue weighted by molar-refractivity contribution is 6.31. The van der Waals surface area contributed by atoms with Crippen molar-refractivity contribution >= 4 is 29.0 Å². The van der Waals surface area contributed by atoms with Crippen molar-refractivity contribution in [3.05, 3.63) is 59.0 Å². The largest absolute Gasteiger partial charge is 0.396 e. The van der Waals surface area contributed by atoms with Crippen molar-refractivity contribution in [1.82, 2.24) is 24.7 Å². The second-order valence-corrected chi connectivity index (χ2v) is 6.18. The van der Waals surface area contributed by atoms with Crippen LogP contribution in [0.25, 0.3) is 5.82 Å². The Bertz CT molecular complexity index is 1070. The molecule has 0 fully saturated rings. The Morgan fingerprint density at radius 2 is 2.14 bits per heavy atom. The number of ketones is 1. The molecule has 0 spiro atoms. The zero-order chi connectivity index (χ0) is 20.8. The average molecular weight is 411 g/mol. The summed E-state index contributed by atoms with van der Waals surface area (Å²) in [5, 5.41) is 19.4. The van der Waals surface area contributed by atoms with Crippen LogP contribution in [0.2, 0.25) is 5.15 Å². The van der Waals surface area contributed by atoms with Crippen molar-refractivity contribution in [2.45, 2.75) is 12.8 Å². The molecule has 1 amide bonds. The highest BCUT2D eigenvalue weighted by Gasteiger charge is 2.19. The van der Waals surface area contributed by atoms with Crippen LogP contribution in [0.3, 0.4) is 0 Å². The number of hydrogen-bond acceptors (Lipinski definition) is 7. The zero-order valence-electron chi connectivity index (χ0n) is 15.0. The third kappa shape index (κ3) is 4.63. The Balaban J connectivity index is 1.87. The van der Waals surface area contributed by atoms with Crippen molar-refractivity contribution in [3.8, 4) is 18.2 Å². The number of rotatable bonds is 7. The Hall–Kier alpha value is -3.61. The first-order chi connectivity index (χ1) is 14.0.